The SMILES string of the molecule is Nc1nc2c(ncn2[C@@H]2O[C@H](OP(=O)(O)OP(=O)(O)OP(O)(O)=S)[C@@H](O)[C@H]2O)c(=O)[nH]1. The van der Waals surface area contributed by atoms with Gasteiger partial charge in [0.1, 0.15) is 12.2 Å². The predicted molar refractivity (Wildman–Crippen MR) is 100 cm³/mol. The van der Waals surface area contributed by atoms with Crippen LogP contribution in [0, 0.1) is 0 Å². The summed E-state index contributed by atoms with van der Waals surface area (Å²) in [5, 5.41) is 20.3. The number of rotatable bonds is 7. The van der Waals surface area contributed by atoms with Gasteiger partial charge < -0.3 is 40.3 Å². The van der Waals surface area contributed by atoms with E-state index in [0.717, 1.165) is 10.9 Å². The molecule has 1 saturated heterocycles. The first-order chi connectivity index (χ1) is 14.1. The minimum absolute atomic E-state index is 0.175. The largest absolute Gasteiger partial charge is 0.488 e. The van der Waals surface area contributed by atoms with Gasteiger partial charge in [0.15, 0.2) is 23.7 Å². The van der Waals surface area contributed by atoms with Crippen molar-refractivity contribution in [3.05, 3.63) is 16.7 Å². The van der Waals surface area contributed by atoms with E-state index in [1.54, 1.807) is 0 Å². The van der Waals surface area contributed by atoms with Gasteiger partial charge in [0.25, 0.3) is 5.56 Å². The molecule has 0 aromatic carbocycles. The van der Waals surface area contributed by atoms with Crippen molar-refractivity contribution < 1.29 is 56.8 Å². The number of anilines is 1. The number of ether oxygens (including phenoxy) is 1. The van der Waals surface area contributed by atoms with Crippen molar-refractivity contribution >= 4 is 51.3 Å². The highest BCUT2D eigenvalue weighted by molar-refractivity contribution is 8.08. The van der Waals surface area contributed by atoms with E-state index < -0.39 is 52.6 Å². The third-order valence-corrected chi connectivity index (χ3v) is 7.97. The molecule has 0 bridgehead atoms. The number of aliphatic hydroxyl groups is 2. The number of phosphoric acid groups is 2. The van der Waals surface area contributed by atoms with Crippen molar-refractivity contribution in [3.63, 3.8) is 0 Å². The van der Waals surface area contributed by atoms with Gasteiger partial charge in [0, 0.05) is 0 Å². The Kier molecular flexibility index (Phi) is 6.58. The van der Waals surface area contributed by atoms with Crippen molar-refractivity contribution in [1.29, 1.82) is 0 Å². The number of phosphoric ester groups is 1. The minimum Gasteiger partial charge on any atom is -0.385 e. The Morgan fingerprint density at radius 3 is 2.42 bits per heavy atom. The van der Waals surface area contributed by atoms with Crippen LogP contribution >= 0.6 is 22.4 Å². The maximum Gasteiger partial charge on any atom is 0.488 e. The van der Waals surface area contributed by atoms with E-state index in [1.165, 1.54) is 0 Å². The number of aromatic nitrogens is 4. The predicted octanol–water partition coefficient (Wildman–Crippen LogP) is -2.26. The number of imidazole rings is 1. The summed E-state index contributed by atoms with van der Waals surface area (Å²) in [6.07, 6.45) is -6.57. The molecule has 1 fully saturated rings. The van der Waals surface area contributed by atoms with Crippen LogP contribution in [0.5, 0.6) is 0 Å². The Balaban J connectivity index is 1.81. The van der Waals surface area contributed by atoms with Crippen LogP contribution in [-0.2, 0) is 38.8 Å². The van der Waals surface area contributed by atoms with E-state index in [2.05, 4.69) is 39.9 Å². The average Bonchev–Trinajstić information content (AvgIpc) is 3.07. The fourth-order valence-corrected chi connectivity index (χ4v) is 6.36. The molecular formula is C9H14N5O13P3S. The standard InChI is InChI=1S/C9H14N5O13P3S/c10-9-12-5-2(6(17)13-9)11-1-14(5)7-3(15)4(16)8(24-7)25-28(18,19)26-29(20,21)27-30(22,23)31/h1,3-4,7-8,15-16H,(H,18,19)(H,20,21)(H2,22,23,31)(H3,10,12,13,17)/t3-,4+,7-,8-/m1/s1. The van der Waals surface area contributed by atoms with Crippen LogP contribution in [-0.4, -0.2) is 67.8 Å². The molecule has 22 heteroatoms. The number of hydrogen-bond donors (Lipinski definition) is 8. The Morgan fingerprint density at radius 2 is 1.81 bits per heavy atom. The lowest BCUT2D eigenvalue weighted by atomic mass is 10.2. The summed E-state index contributed by atoms with van der Waals surface area (Å²) in [7, 11) is -11.2. The summed E-state index contributed by atoms with van der Waals surface area (Å²) in [6.45, 7) is -4.77. The molecule has 0 spiro atoms. The van der Waals surface area contributed by atoms with Crippen LogP contribution in [0.25, 0.3) is 11.2 Å². The van der Waals surface area contributed by atoms with Gasteiger partial charge >= 0.3 is 22.4 Å². The van der Waals surface area contributed by atoms with Gasteiger partial charge in [-0.1, -0.05) is 0 Å². The van der Waals surface area contributed by atoms with E-state index in [-0.39, 0.29) is 17.1 Å². The molecule has 0 saturated carbocycles. The average molecular weight is 525 g/mol. The maximum atomic E-state index is 12.0. The second kappa shape index (κ2) is 8.33. The van der Waals surface area contributed by atoms with Gasteiger partial charge in [0.05, 0.1) is 6.33 Å². The second-order valence-corrected chi connectivity index (χ2v) is 11.6. The third kappa shape index (κ3) is 5.62. The monoisotopic (exact) mass is 525 g/mol. The Hall–Kier alpha value is -1.14. The molecule has 0 radical (unpaired) electrons. The second-order valence-electron chi connectivity index (χ2n) is 5.85. The smallest absolute Gasteiger partial charge is 0.385 e. The fraction of sp³-hybridized carbons (Fsp3) is 0.444. The Labute approximate surface area is 175 Å². The normalized spacial score (nSPS) is 28.5. The molecule has 3 heterocycles. The molecule has 1 aliphatic heterocycles. The number of fused-ring (bicyclic) bond motifs is 1. The number of nitrogens with one attached hydrogen (secondary N) is 1. The van der Waals surface area contributed by atoms with Crippen LogP contribution in [0.15, 0.2) is 11.1 Å². The molecule has 18 nitrogen and oxygen atoms in total. The number of aromatic amines is 1. The quantitative estimate of drug-likeness (QED) is 0.177. The Bertz CT molecular complexity index is 1190. The summed E-state index contributed by atoms with van der Waals surface area (Å²) in [4.78, 5) is 58.2. The number of H-pyrrole nitrogens is 1. The molecule has 31 heavy (non-hydrogen) atoms. The van der Waals surface area contributed by atoms with Crippen LogP contribution in [0.1, 0.15) is 6.23 Å². The molecule has 2 unspecified atom stereocenters. The molecule has 2 aromatic rings. The van der Waals surface area contributed by atoms with Crippen LogP contribution in [0.4, 0.5) is 5.95 Å². The van der Waals surface area contributed by atoms with E-state index in [4.69, 9.17) is 20.3 Å². The number of nitrogens with two attached hydrogens (primary N) is 1. The number of nitrogen functional groups attached to an aromatic ring is 1. The zero-order valence-corrected chi connectivity index (χ0v) is 18.1. The van der Waals surface area contributed by atoms with Gasteiger partial charge in [-0.05, 0) is 11.8 Å². The summed E-state index contributed by atoms with van der Waals surface area (Å²) >= 11 is 3.95. The molecule has 3 rings (SSSR count). The zero-order chi connectivity index (χ0) is 23.4. The van der Waals surface area contributed by atoms with Crippen LogP contribution in [0.3, 0.4) is 0 Å². The van der Waals surface area contributed by atoms with E-state index in [1.807, 2.05) is 0 Å². The van der Waals surface area contributed by atoms with Gasteiger partial charge in [-0.15, -0.1) is 0 Å². The Morgan fingerprint density at radius 1 is 1.16 bits per heavy atom. The topological polar surface area (TPSA) is 282 Å². The highest BCUT2D eigenvalue weighted by atomic mass is 32.5. The van der Waals surface area contributed by atoms with Gasteiger partial charge in [0.2, 0.25) is 5.95 Å². The third-order valence-electron chi connectivity index (χ3n) is 3.57. The van der Waals surface area contributed by atoms with Gasteiger partial charge in [-0.2, -0.15) is 9.29 Å². The molecule has 2 aromatic heterocycles. The van der Waals surface area contributed by atoms with E-state index in [9.17, 15) is 33.9 Å². The first-order valence-electron chi connectivity index (χ1n) is 7.65. The maximum absolute atomic E-state index is 12.0. The summed E-state index contributed by atoms with van der Waals surface area (Å²) in [6, 6.07) is 0. The van der Waals surface area contributed by atoms with Crippen molar-refractivity contribution in [2.45, 2.75) is 24.7 Å². The molecule has 1 aliphatic rings. The van der Waals surface area contributed by atoms with Gasteiger partial charge in [-0.25, -0.2) is 18.4 Å². The summed E-state index contributed by atoms with van der Waals surface area (Å²) in [5.41, 5.74) is 4.35. The zero-order valence-electron chi connectivity index (χ0n) is 14.6. The lowest BCUT2D eigenvalue weighted by Gasteiger charge is -2.21. The van der Waals surface area contributed by atoms with E-state index >= 15 is 0 Å². The van der Waals surface area contributed by atoms with Crippen molar-refractivity contribution in [2.24, 2.45) is 0 Å². The minimum atomic E-state index is -5.60. The van der Waals surface area contributed by atoms with Gasteiger partial charge in [-0.3, -0.25) is 18.9 Å². The molecule has 0 aliphatic carbocycles. The molecule has 174 valence electrons. The molecule has 6 atom stereocenters. The molecule has 9 N–H and O–H groups in total. The van der Waals surface area contributed by atoms with E-state index in [0.29, 0.717) is 0 Å². The van der Waals surface area contributed by atoms with Crippen molar-refractivity contribution in [1.82, 2.24) is 19.5 Å². The molecule has 0 amide bonds. The molecular weight excluding hydrogens is 511 g/mol. The number of hydrogen-bond acceptors (Lipinski definition) is 13. The number of aliphatic hydroxyl groups excluding tert-OH is 2. The fourth-order valence-electron chi connectivity index (χ4n) is 2.50. The summed E-state index contributed by atoms with van der Waals surface area (Å²) in [5.74, 6) is -0.305. The van der Waals surface area contributed by atoms with Crippen LogP contribution < -0.4 is 11.3 Å². The first-order valence-corrected chi connectivity index (χ1v) is 13.3. The van der Waals surface area contributed by atoms with Crippen molar-refractivity contribution in [3.8, 4) is 0 Å². The highest BCUT2D eigenvalue weighted by Gasteiger charge is 2.50. The van der Waals surface area contributed by atoms with Crippen LogP contribution in [0.2, 0.25) is 0 Å². The first kappa shape index (κ1) is 24.5. The number of nitrogens with zero attached hydrogens (tertiary/aromatic N) is 3. The summed E-state index contributed by atoms with van der Waals surface area (Å²) < 4.78 is 41.6. The lowest BCUT2D eigenvalue weighted by molar-refractivity contribution is -0.133. The lowest BCUT2D eigenvalue weighted by Crippen LogP contribution is -2.32. The highest BCUT2D eigenvalue weighted by Crippen LogP contribution is 2.67. The van der Waals surface area contributed by atoms with Crippen molar-refractivity contribution in [2.75, 3.05) is 5.73 Å².